The summed E-state index contributed by atoms with van der Waals surface area (Å²) in [5.74, 6) is -2.04. The highest BCUT2D eigenvalue weighted by Crippen LogP contribution is 2.29. The summed E-state index contributed by atoms with van der Waals surface area (Å²) in [6.07, 6.45) is -4.71. The van der Waals surface area contributed by atoms with Crippen molar-refractivity contribution in [2.75, 3.05) is 13.2 Å². The molecule has 1 aliphatic rings. The molecule has 1 aromatic heterocycles. The molecule has 5 atom stereocenters. The molecule has 1 fully saturated rings. The van der Waals surface area contributed by atoms with Crippen molar-refractivity contribution in [1.82, 2.24) is 25.4 Å². The summed E-state index contributed by atoms with van der Waals surface area (Å²) in [4.78, 5) is 52.6. The Hall–Kier alpha value is -5.06. The number of alkyl carbamates (subject to hydrolysis) is 2. The molecular weight excluding hydrogens is 604 g/mol. The first kappa shape index (κ1) is 33.8. The van der Waals surface area contributed by atoms with Crippen molar-refractivity contribution in [3.63, 3.8) is 0 Å². The Labute approximate surface area is 263 Å². The normalized spacial score (nSPS) is 19.5. The van der Waals surface area contributed by atoms with Gasteiger partial charge in [-0.05, 0) is 30.4 Å². The van der Waals surface area contributed by atoms with Crippen LogP contribution in [0.1, 0.15) is 47.2 Å². The van der Waals surface area contributed by atoms with Gasteiger partial charge in [0.05, 0.1) is 0 Å². The fourth-order valence-electron chi connectivity index (χ4n) is 4.45. The highest BCUT2D eigenvalue weighted by atomic mass is 16.6. The zero-order chi connectivity index (χ0) is 32.9. The van der Waals surface area contributed by atoms with Crippen LogP contribution >= 0.6 is 0 Å². The number of rotatable bonds is 15. The van der Waals surface area contributed by atoms with Crippen LogP contribution in [0.15, 0.2) is 67.0 Å². The minimum absolute atomic E-state index is 0.0232. The van der Waals surface area contributed by atoms with Crippen LogP contribution in [0.5, 0.6) is 0 Å². The maximum absolute atomic E-state index is 13.1. The standard InChI is InChI=1S/C30H36N6O10/c31-25(39)26-33-18-36(35-26)27-24(38)23(37)22(46-27)17-43-28(40)21(34-30(42)45-16-20-11-5-2-6-12-20)13-7-8-14-32-29(41)44-15-19-9-3-1-4-10-19/h1-6,9-12,18,21-24,27,37-38H,7-8,13-17H2,(H2,31,39)(H,32,41)(H,34,42)/t21-,22?,23?,24+,27?/m0/s1. The number of carbonyl (C=O) groups excluding carboxylic acids is 4. The molecule has 0 bridgehead atoms. The van der Waals surface area contributed by atoms with Gasteiger partial charge in [-0.25, -0.2) is 24.0 Å². The molecule has 0 saturated carbocycles. The van der Waals surface area contributed by atoms with Crippen molar-refractivity contribution in [3.8, 4) is 0 Å². The van der Waals surface area contributed by atoms with Gasteiger partial charge in [0.2, 0.25) is 5.82 Å². The van der Waals surface area contributed by atoms with E-state index in [2.05, 4.69) is 20.7 Å². The van der Waals surface area contributed by atoms with Gasteiger partial charge in [-0.15, -0.1) is 5.10 Å². The van der Waals surface area contributed by atoms with E-state index >= 15 is 0 Å². The Bertz CT molecular complexity index is 1440. The summed E-state index contributed by atoms with van der Waals surface area (Å²) >= 11 is 0. The third-order valence-corrected chi connectivity index (χ3v) is 6.91. The molecule has 16 nitrogen and oxygen atoms in total. The number of aliphatic hydroxyl groups is 2. The van der Waals surface area contributed by atoms with Crippen LogP contribution in [0.3, 0.4) is 0 Å². The molecule has 46 heavy (non-hydrogen) atoms. The number of benzene rings is 2. The maximum atomic E-state index is 13.1. The average molecular weight is 641 g/mol. The number of nitrogens with one attached hydrogen (secondary N) is 2. The van der Waals surface area contributed by atoms with Crippen LogP contribution in [0, 0.1) is 0 Å². The largest absolute Gasteiger partial charge is 0.461 e. The number of hydrogen-bond acceptors (Lipinski definition) is 12. The molecule has 4 rings (SSSR count). The summed E-state index contributed by atoms with van der Waals surface area (Å²) in [5.41, 5.74) is 6.75. The second-order valence-corrected chi connectivity index (χ2v) is 10.3. The monoisotopic (exact) mass is 640 g/mol. The maximum Gasteiger partial charge on any atom is 0.408 e. The van der Waals surface area contributed by atoms with Crippen LogP contribution < -0.4 is 16.4 Å². The van der Waals surface area contributed by atoms with E-state index in [9.17, 15) is 29.4 Å². The molecule has 3 unspecified atom stereocenters. The van der Waals surface area contributed by atoms with Crippen LogP contribution in [-0.4, -0.2) is 86.5 Å². The van der Waals surface area contributed by atoms with Gasteiger partial charge in [-0.2, -0.15) is 0 Å². The van der Waals surface area contributed by atoms with Crippen LogP contribution in [0.2, 0.25) is 0 Å². The molecule has 1 saturated heterocycles. The van der Waals surface area contributed by atoms with Crippen molar-refractivity contribution in [3.05, 3.63) is 83.9 Å². The Morgan fingerprint density at radius 3 is 2.13 bits per heavy atom. The van der Waals surface area contributed by atoms with Gasteiger partial charge in [-0.3, -0.25) is 4.79 Å². The van der Waals surface area contributed by atoms with E-state index in [1.807, 2.05) is 36.4 Å². The zero-order valence-electron chi connectivity index (χ0n) is 24.8. The zero-order valence-corrected chi connectivity index (χ0v) is 24.8. The number of nitrogens with zero attached hydrogens (tertiary/aromatic N) is 3. The number of aromatic nitrogens is 3. The molecule has 246 valence electrons. The summed E-state index contributed by atoms with van der Waals surface area (Å²) < 4.78 is 22.4. The number of primary amides is 1. The predicted octanol–water partition coefficient (Wildman–Crippen LogP) is 0.931. The van der Waals surface area contributed by atoms with E-state index in [4.69, 9.17) is 24.7 Å². The quantitative estimate of drug-likeness (QED) is 0.0888. The lowest BCUT2D eigenvalue weighted by molar-refractivity contribution is -0.152. The van der Waals surface area contributed by atoms with E-state index < -0.39 is 61.3 Å². The SMILES string of the molecule is NC(=O)c1ncn(C2OC(COC(=O)[C@H](CCCCNC(=O)OCc3ccccc3)NC(=O)OCc3ccccc3)C(O)[C@H]2O)n1. The van der Waals surface area contributed by atoms with Crippen molar-refractivity contribution in [1.29, 1.82) is 0 Å². The van der Waals surface area contributed by atoms with Crippen molar-refractivity contribution >= 4 is 24.1 Å². The van der Waals surface area contributed by atoms with E-state index in [1.165, 1.54) is 0 Å². The Morgan fingerprint density at radius 2 is 1.52 bits per heavy atom. The first-order valence-electron chi connectivity index (χ1n) is 14.5. The topological polar surface area (TPSA) is 226 Å². The third-order valence-electron chi connectivity index (χ3n) is 6.91. The average Bonchev–Trinajstić information content (AvgIpc) is 3.66. The van der Waals surface area contributed by atoms with Gasteiger partial charge in [0.15, 0.2) is 6.23 Å². The minimum Gasteiger partial charge on any atom is -0.461 e. The molecule has 2 aromatic carbocycles. The van der Waals surface area contributed by atoms with Crippen LogP contribution in [0.4, 0.5) is 9.59 Å². The number of nitrogens with two attached hydrogens (primary N) is 1. The van der Waals surface area contributed by atoms with E-state index in [0.717, 1.165) is 22.1 Å². The lowest BCUT2D eigenvalue weighted by Crippen LogP contribution is -2.43. The molecule has 1 aliphatic heterocycles. The fourth-order valence-corrected chi connectivity index (χ4v) is 4.45. The smallest absolute Gasteiger partial charge is 0.408 e. The van der Waals surface area contributed by atoms with Gasteiger partial charge in [0, 0.05) is 6.54 Å². The lowest BCUT2D eigenvalue weighted by atomic mass is 10.1. The second-order valence-electron chi connectivity index (χ2n) is 10.3. The van der Waals surface area contributed by atoms with Gasteiger partial charge in [0.25, 0.3) is 5.91 Å². The molecule has 0 radical (unpaired) electrons. The number of unbranched alkanes of at least 4 members (excludes halogenated alkanes) is 1. The van der Waals surface area contributed by atoms with Crippen molar-refractivity contribution < 1.29 is 48.3 Å². The van der Waals surface area contributed by atoms with Crippen LogP contribution in [0.25, 0.3) is 0 Å². The summed E-state index contributed by atoms with van der Waals surface area (Å²) in [6, 6.07) is 17.0. The number of ether oxygens (including phenoxy) is 4. The molecule has 6 N–H and O–H groups in total. The number of carbonyl (C=O) groups is 4. The third kappa shape index (κ3) is 9.98. The molecule has 3 aromatic rings. The summed E-state index contributed by atoms with van der Waals surface area (Å²) in [5, 5.41) is 29.9. The van der Waals surface area contributed by atoms with E-state index in [-0.39, 0.29) is 32.0 Å². The molecule has 0 spiro atoms. The molecule has 3 amide bonds. The Kier molecular flexibility index (Phi) is 12.4. The van der Waals surface area contributed by atoms with Crippen molar-refractivity contribution in [2.45, 2.75) is 63.1 Å². The Balaban J connectivity index is 1.27. The molecular formula is C30H36N6O10. The van der Waals surface area contributed by atoms with Crippen LogP contribution in [-0.2, 0) is 37.0 Å². The van der Waals surface area contributed by atoms with Gasteiger partial charge < -0.3 is 45.5 Å². The predicted molar refractivity (Wildman–Crippen MR) is 157 cm³/mol. The Morgan fingerprint density at radius 1 is 0.891 bits per heavy atom. The fraction of sp³-hybridized carbons (Fsp3) is 0.400. The van der Waals surface area contributed by atoms with Gasteiger partial charge >= 0.3 is 18.2 Å². The highest BCUT2D eigenvalue weighted by Gasteiger charge is 2.45. The van der Waals surface area contributed by atoms with E-state index in [1.54, 1.807) is 24.3 Å². The summed E-state index contributed by atoms with van der Waals surface area (Å²) in [6.45, 7) is -0.115. The number of amides is 3. The first-order chi connectivity index (χ1) is 22.2. The van der Waals surface area contributed by atoms with Gasteiger partial charge in [0.1, 0.15) is 50.5 Å². The number of aliphatic hydroxyl groups excluding tert-OH is 2. The second kappa shape index (κ2) is 16.9. The molecule has 2 heterocycles. The first-order valence-corrected chi connectivity index (χ1v) is 14.5. The highest BCUT2D eigenvalue weighted by molar-refractivity contribution is 5.88. The molecule has 16 heteroatoms. The van der Waals surface area contributed by atoms with Crippen molar-refractivity contribution in [2.24, 2.45) is 5.73 Å². The number of hydrogen-bond donors (Lipinski definition) is 5. The lowest BCUT2D eigenvalue weighted by Gasteiger charge is -2.20. The summed E-state index contributed by atoms with van der Waals surface area (Å²) in [7, 11) is 0. The number of esters is 1. The van der Waals surface area contributed by atoms with E-state index in [0.29, 0.717) is 12.8 Å². The molecule has 0 aliphatic carbocycles. The van der Waals surface area contributed by atoms with Gasteiger partial charge in [-0.1, -0.05) is 60.7 Å². The minimum atomic E-state index is -1.49.